The average molecular weight is 523 g/mol. The number of halogens is 4. The molecule has 0 aliphatic carbocycles. The highest BCUT2D eigenvalue weighted by Gasteiger charge is 2.38. The third-order valence-corrected chi connectivity index (χ3v) is 5.43. The van der Waals surface area contributed by atoms with Crippen LogP contribution in [-0.2, 0) is 19.8 Å². The minimum Gasteiger partial charge on any atom is -0.352 e. The molecule has 190 valence electrons. The number of anilines is 1. The molecule has 0 saturated carbocycles. The molecule has 14 heteroatoms. The molecule has 4 N–H and O–H groups in total. The molecule has 2 aromatic heterocycles. The van der Waals surface area contributed by atoms with Gasteiger partial charge in [-0.15, -0.1) is 0 Å². The number of rotatable bonds is 9. The van der Waals surface area contributed by atoms with Gasteiger partial charge in [-0.1, -0.05) is 11.6 Å². The van der Waals surface area contributed by atoms with Gasteiger partial charge in [-0.25, -0.2) is 4.98 Å². The van der Waals surface area contributed by atoms with E-state index >= 15 is 0 Å². The van der Waals surface area contributed by atoms with Gasteiger partial charge in [0.1, 0.15) is 6.54 Å². The zero-order chi connectivity index (χ0) is 26.5. The average Bonchev–Trinajstić information content (AvgIpc) is 3.40. The summed E-state index contributed by atoms with van der Waals surface area (Å²) >= 11 is 6.21. The molecule has 0 fully saturated rings. The summed E-state index contributed by atoms with van der Waals surface area (Å²) < 4.78 is 42.5. The lowest BCUT2D eigenvalue weighted by molar-refractivity contribution is -0.141. The van der Waals surface area contributed by atoms with Crippen LogP contribution >= 0.6 is 11.6 Å². The maximum atomic E-state index is 13.5. The van der Waals surface area contributed by atoms with Gasteiger partial charge in [0.15, 0.2) is 11.5 Å². The molecule has 0 spiro atoms. The van der Waals surface area contributed by atoms with Gasteiger partial charge in [0.2, 0.25) is 0 Å². The summed E-state index contributed by atoms with van der Waals surface area (Å²) in [5.41, 5.74) is 4.36. The van der Waals surface area contributed by atoms with Gasteiger partial charge in [0.25, 0.3) is 11.8 Å². The Labute approximate surface area is 208 Å². The highest BCUT2D eigenvalue weighted by molar-refractivity contribution is 6.34. The minimum absolute atomic E-state index is 0.0173. The van der Waals surface area contributed by atoms with E-state index in [0.717, 1.165) is 29.9 Å². The van der Waals surface area contributed by atoms with Crippen LogP contribution in [-0.4, -0.2) is 44.2 Å². The van der Waals surface area contributed by atoms with Crippen molar-refractivity contribution in [2.24, 2.45) is 12.8 Å². The Balaban J connectivity index is 1.79. The number of unbranched alkanes of at least 4 members (excludes halogenated alkanes) is 1. The highest BCUT2D eigenvalue weighted by Crippen LogP contribution is 2.36. The number of carbonyl (C=O) groups is 2. The molecule has 0 atom stereocenters. The number of benzene rings is 1. The van der Waals surface area contributed by atoms with Crippen molar-refractivity contribution in [1.82, 2.24) is 24.6 Å². The van der Waals surface area contributed by atoms with Gasteiger partial charge >= 0.3 is 6.18 Å². The Bertz CT molecular complexity index is 1310. The van der Waals surface area contributed by atoms with Crippen LogP contribution in [0.4, 0.5) is 18.9 Å². The number of hydrogen-bond donors (Lipinski definition) is 3. The highest BCUT2D eigenvalue weighted by atomic mass is 35.5. The van der Waals surface area contributed by atoms with E-state index in [1.54, 1.807) is 6.07 Å². The SMILES string of the molecule is Cn1c(-c2cn(CC#N)nc2C(F)(F)F)cnc1C(=O)Nc1ccc(C(=O)NCCCCN)c(Cl)c1. The van der Waals surface area contributed by atoms with Gasteiger partial charge < -0.3 is 20.9 Å². The molecule has 3 rings (SSSR count). The van der Waals surface area contributed by atoms with Crippen molar-refractivity contribution >= 4 is 29.1 Å². The van der Waals surface area contributed by atoms with Gasteiger partial charge in [0, 0.05) is 25.5 Å². The number of nitrogens with one attached hydrogen (secondary N) is 2. The van der Waals surface area contributed by atoms with Crippen LogP contribution in [0.2, 0.25) is 5.02 Å². The molecular weight excluding hydrogens is 501 g/mol. The molecule has 0 bridgehead atoms. The van der Waals surface area contributed by atoms with Crippen molar-refractivity contribution in [3.05, 3.63) is 52.7 Å². The number of hydrogen-bond acceptors (Lipinski definition) is 6. The molecule has 0 saturated heterocycles. The van der Waals surface area contributed by atoms with Gasteiger partial charge in [0.05, 0.1) is 34.1 Å². The second-order valence-corrected chi connectivity index (χ2v) is 8.08. The van der Waals surface area contributed by atoms with Crippen LogP contribution in [0.5, 0.6) is 0 Å². The fourth-order valence-electron chi connectivity index (χ4n) is 3.37. The summed E-state index contributed by atoms with van der Waals surface area (Å²) in [5.74, 6) is -1.26. The minimum atomic E-state index is -4.78. The van der Waals surface area contributed by atoms with Crippen molar-refractivity contribution in [3.63, 3.8) is 0 Å². The number of aromatic nitrogens is 4. The van der Waals surface area contributed by atoms with Crippen molar-refractivity contribution in [1.29, 1.82) is 5.26 Å². The normalized spacial score (nSPS) is 11.2. The standard InChI is InChI=1S/C22H22ClF3N8O2/c1-33-17(15-12-34(9-7-28)32-18(15)22(24,25)26)11-30-19(33)21(36)31-13-4-5-14(16(23)10-13)20(35)29-8-3-2-6-27/h4-5,10-12H,2-3,6,8-9,27H2,1H3,(H,29,35)(H,31,36). The lowest BCUT2D eigenvalue weighted by Crippen LogP contribution is -2.25. The van der Waals surface area contributed by atoms with Crippen LogP contribution in [0, 0.1) is 11.3 Å². The third-order valence-electron chi connectivity index (χ3n) is 5.12. The van der Waals surface area contributed by atoms with E-state index < -0.39 is 17.8 Å². The Kier molecular flexibility index (Phi) is 8.33. The van der Waals surface area contributed by atoms with E-state index in [9.17, 15) is 22.8 Å². The predicted molar refractivity (Wildman–Crippen MR) is 125 cm³/mol. The summed E-state index contributed by atoms with van der Waals surface area (Å²) in [6.45, 7) is 0.589. The molecule has 10 nitrogen and oxygen atoms in total. The molecule has 0 aliphatic heterocycles. The lowest BCUT2D eigenvalue weighted by atomic mass is 10.2. The Morgan fingerprint density at radius 2 is 2.00 bits per heavy atom. The summed E-state index contributed by atoms with van der Waals surface area (Å²) in [5, 5.41) is 17.6. The first-order valence-corrected chi connectivity index (χ1v) is 11.1. The maximum Gasteiger partial charge on any atom is 0.435 e. The number of imidazole rings is 1. The van der Waals surface area contributed by atoms with E-state index in [4.69, 9.17) is 22.6 Å². The number of amides is 2. The predicted octanol–water partition coefficient (Wildman–Crippen LogP) is 3.20. The number of alkyl halides is 3. The van der Waals surface area contributed by atoms with E-state index in [1.165, 1.54) is 29.8 Å². The Morgan fingerprint density at radius 3 is 2.64 bits per heavy atom. The monoisotopic (exact) mass is 522 g/mol. The summed E-state index contributed by atoms with van der Waals surface area (Å²) in [4.78, 5) is 29.0. The molecular formula is C22H22ClF3N8O2. The van der Waals surface area contributed by atoms with Crippen LogP contribution < -0.4 is 16.4 Å². The quantitative estimate of drug-likeness (QED) is 0.368. The molecule has 0 aliphatic rings. The Hall–Kier alpha value is -3.89. The van der Waals surface area contributed by atoms with Gasteiger partial charge in [-0.3, -0.25) is 14.3 Å². The van der Waals surface area contributed by atoms with E-state index in [0.29, 0.717) is 13.1 Å². The Morgan fingerprint density at radius 1 is 1.25 bits per heavy atom. The third kappa shape index (κ3) is 6.02. The first-order chi connectivity index (χ1) is 17.1. The van der Waals surface area contributed by atoms with Crippen molar-refractivity contribution in [3.8, 4) is 17.3 Å². The zero-order valence-electron chi connectivity index (χ0n) is 19.1. The smallest absolute Gasteiger partial charge is 0.352 e. The van der Waals surface area contributed by atoms with Crippen LogP contribution in [0.15, 0.2) is 30.6 Å². The zero-order valence-corrected chi connectivity index (χ0v) is 19.8. The molecule has 0 radical (unpaired) electrons. The van der Waals surface area contributed by atoms with Crippen LogP contribution in [0.1, 0.15) is 39.5 Å². The maximum absolute atomic E-state index is 13.5. The number of nitriles is 1. The van der Waals surface area contributed by atoms with Gasteiger partial charge in [-0.05, 0) is 37.6 Å². The summed E-state index contributed by atoms with van der Waals surface area (Å²) in [6, 6.07) is 6.02. The second-order valence-electron chi connectivity index (χ2n) is 7.67. The molecule has 2 heterocycles. The summed E-state index contributed by atoms with van der Waals surface area (Å²) in [7, 11) is 1.38. The molecule has 3 aromatic rings. The van der Waals surface area contributed by atoms with Crippen LogP contribution in [0.3, 0.4) is 0 Å². The van der Waals surface area contributed by atoms with E-state index in [1.807, 2.05) is 0 Å². The van der Waals surface area contributed by atoms with E-state index in [-0.39, 0.29) is 45.8 Å². The lowest BCUT2D eigenvalue weighted by Gasteiger charge is -2.10. The fourth-order valence-corrected chi connectivity index (χ4v) is 3.64. The van der Waals surface area contributed by atoms with Crippen LogP contribution in [0.25, 0.3) is 11.3 Å². The van der Waals surface area contributed by atoms with Crippen molar-refractivity contribution in [2.75, 3.05) is 18.4 Å². The second kappa shape index (κ2) is 11.2. The molecule has 2 amide bonds. The first kappa shape index (κ1) is 26.7. The van der Waals surface area contributed by atoms with Gasteiger partial charge in [-0.2, -0.15) is 23.5 Å². The largest absolute Gasteiger partial charge is 0.435 e. The molecule has 0 unspecified atom stereocenters. The number of nitrogens with two attached hydrogens (primary N) is 1. The van der Waals surface area contributed by atoms with E-state index in [2.05, 4.69) is 20.7 Å². The van der Waals surface area contributed by atoms with Crippen molar-refractivity contribution < 1.29 is 22.8 Å². The number of carbonyl (C=O) groups excluding carboxylic acids is 2. The molecule has 1 aromatic carbocycles. The topological polar surface area (TPSA) is 144 Å². The summed E-state index contributed by atoms with van der Waals surface area (Å²) in [6.07, 6.45) is -1.10. The fraction of sp³-hybridized carbons (Fsp3) is 0.318. The van der Waals surface area contributed by atoms with Crippen molar-refractivity contribution in [2.45, 2.75) is 25.6 Å². The molecule has 36 heavy (non-hydrogen) atoms. The number of nitrogens with zero attached hydrogens (tertiary/aromatic N) is 5. The first-order valence-electron chi connectivity index (χ1n) is 10.7.